The molecule has 0 saturated carbocycles. The number of carbonyl (C=O) groups is 2. The molecule has 0 aliphatic carbocycles. The van der Waals surface area contributed by atoms with Crippen molar-refractivity contribution in [2.24, 2.45) is 0 Å². The van der Waals surface area contributed by atoms with Crippen molar-refractivity contribution >= 4 is 11.6 Å². The second kappa shape index (κ2) is 4.68. The van der Waals surface area contributed by atoms with Gasteiger partial charge in [-0.25, -0.2) is 4.39 Å². The molecule has 0 saturated heterocycles. The summed E-state index contributed by atoms with van der Waals surface area (Å²) in [5.74, 6) is -1.02. The van der Waals surface area contributed by atoms with Gasteiger partial charge in [0.25, 0.3) is 0 Å². The lowest BCUT2D eigenvalue weighted by Gasteiger charge is -2.04. The Hall–Kier alpha value is -1.71. The molecule has 0 aromatic heterocycles. The molecule has 80 valence electrons. The van der Waals surface area contributed by atoms with Gasteiger partial charge in [-0.1, -0.05) is 0 Å². The second-order valence-electron chi connectivity index (χ2n) is 3.07. The van der Waals surface area contributed by atoms with E-state index in [1.54, 1.807) is 12.1 Å². The highest BCUT2D eigenvalue weighted by atomic mass is 19.1. The quantitative estimate of drug-likeness (QED) is 0.562. The van der Waals surface area contributed by atoms with E-state index in [1.807, 2.05) is 0 Å². The Morgan fingerprint density at radius 1 is 1.27 bits per heavy atom. The predicted octanol–water partition coefficient (Wildman–Crippen LogP) is 1.80. The number of Topliss-reactive ketones (excluding diaryl/α,β-unsaturated/α-hetero) is 2. The SMILES string of the molecule is COc1ccc(C(=O)C(F)C(C)=O)cc1. The highest BCUT2D eigenvalue weighted by Gasteiger charge is 2.23. The van der Waals surface area contributed by atoms with Gasteiger partial charge in [0, 0.05) is 5.56 Å². The molecule has 0 amide bonds. The van der Waals surface area contributed by atoms with Crippen LogP contribution in [-0.4, -0.2) is 24.8 Å². The first-order chi connectivity index (χ1) is 7.06. The molecule has 1 unspecified atom stereocenters. The molecule has 0 aliphatic heterocycles. The maximum absolute atomic E-state index is 13.1. The first-order valence-corrected chi connectivity index (χ1v) is 4.39. The zero-order valence-electron chi connectivity index (χ0n) is 8.49. The molecule has 0 bridgehead atoms. The minimum Gasteiger partial charge on any atom is -0.497 e. The van der Waals surface area contributed by atoms with Gasteiger partial charge in [0.05, 0.1) is 7.11 Å². The molecular formula is C11H11FO3. The van der Waals surface area contributed by atoms with E-state index in [9.17, 15) is 14.0 Å². The minimum absolute atomic E-state index is 0.165. The lowest BCUT2D eigenvalue weighted by Crippen LogP contribution is -2.23. The Balaban J connectivity index is 2.87. The van der Waals surface area contributed by atoms with Gasteiger partial charge in [-0.3, -0.25) is 9.59 Å². The summed E-state index contributed by atoms with van der Waals surface area (Å²) in [5, 5.41) is 0. The van der Waals surface area contributed by atoms with Crippen LogP contribution in [-0.2, 0) is 4.79 Å². The predicted molar refractivity (Wildman–Crippen MR) is 52.9 cm³/mol. The summed E-state index contributed by atoms with van der Waals surface area (Å²) in [5.41, 5.74) is 0.165. The van der Waals surface area contributed by atoms with Crippen LogP contribution >= 0.6 is 0 Å². The number of benzene rings is 1. The molecule has 1 rings (SSSR count). The maximum Gasteiger partial charge on any atom is 0.220 e. The van der Waals surface area contributed by atoms with E-state index in [1.165, 1.54) is 19.2 Å². The van der Waals surface area contributed by atoms with Gasteiger partial charge in [0.1, 0.15) is 5.75 Å². The number of hydrogen-bond donors (Lipinski definition) is 0. The third kappa shape index (κ3) is 2.62. The Morgan fingerprint density at radius 3 is 2.20 bits per heavy atom. The lowest BCUT2D eigenvalue weighted by molar-refractivity contribution is -0.120. The number of carbonyl (C=O) groups excluding carboxylic acids is 2. The third-order valence-corrected chi connectivity index (χ3v) is 1.96. The number of methoxy groups -OCH3 is 1. The fourth-order valence-corrected chi connectivity index (χ4v) is 1.09. The topological polar surface area (TPSA) is 43.4 Å². The first kappa shape index (κ1) is 11.4. The van der Waals surface area contributed by atoms with Crippen molar-refractivity contribution in [3.8, 4) is 5.75 Å². The molecular weight excluding hydrogens is 199 g/mol. The highest BCUT2D eigenvalue weighted by molar-refractivity contribution is 6.12. The molecule has 0 radical (unpaired) electrons. The molecule has 0 heterocycles. The normalized spacial score (nSPS) is 11.9. The van der Waals surface area contributed by atoms with Crippen LogP contribution in [0, 0.1) is 0 Å². The number of halogens is 1. The van der Waals surface area contributed by atoms with E-state index in [4.69, 9.17) is 4.74 Å². The van der Waals surface area contributed by atoms with Crippen LogP contribution in [0.5, 0.6) is 5.75 Å². The summed E-state index contributed by atoms with van der Waals surface area (Å²) in [6, 6.07) is 5.94. The van der Waals surface area contributed by atoms with Gasteiger partial charge in [0.15, 0.2) is 5.78 Å². The number of hydrogen-bond acceptors (Lipinski definition) is 3. The fraction of sp³-hybridized carbons (Fsp3) is 0.273. The summed E-state index contributed by atoms with van der Waals surface area (Å²) in [6.45, 7) is 1.05. The lowest BCUT2D eigenvalue weighted by atomic mass is 10.1. The molecule has 3 nitrogen and oxygen atoms in total. The zero-order valence-corrected chi connectivity index (χ0v) is 8.49. The van der Waals surface area contributed by atoms with Crippen molar-refractivity contribution in [2.45, 2.75) is 13.1 Å². The van der Waals surface area contributed by atoms with Crippen LogP contribution in [0.4, 0.5) is 4.39 Å². The largest absolute Gasteiger partial charge is 0.497 e. The average Bonchev–Trinajstić information content (AvgIpc) is 2.27. The van der Waals surface area contributed by atoms with Gasteiger partial charge in [-0.2, -0.15) is 0 Å². The minimum atomic E-state index is -2.07. The summed E-state index contributed by atoms with van der Waals surface area (Å²) >= 11 is 0. The molecule has 0 N–H and O–H groups in total. The van der Waals surface area contributed by atoms with Crippen molar-refractivity contribution in [1.82, 2.24) is 0 Å². The van der Waals surface area contributed by atoms with Gasteiger partial charge in [-0.05, 0) is 31.2 Å². The number of rotatable bonds is 4. The second-order valence-corrected chi connectivity index (χ2v) is 3.07. The maximum atomic E-state index is 13.1. The summed E-state index contributed by atoms with van der Waals surface area (Å²) in [6.07, 6.45) is -2.07. The van der Waals surface area contributed by atoms with E-state index in [-0.39, 0.29) is 5.56 Å². The van der Waals surface area contributed by atoms with Crippen LogP contribution in [0.3, 0.4) is 0 Å². The van der Waals surface area contributed by atoms with E-state index < -0.39 is 17.7 Å². The van der Waals surface area contributed by atoms with E-state index in [2.05, 4.69) is 0 Å². The average molecular weight is 210 g/mol. The third-order valence-electron chi connectivity index (χ3n) is 1.96. The Morgan fingerprint density at radius 2 is 1.80 bits per heavy atom. The number of ether oxygens (including phenoxy) is 1. The van der Waals surface area contributed by atoms with Gasteiger partial charge >= 0.3 is 0 Å². The monoisotopic (exact) mass is 210 g/mol. The highest BCUT2D eigenvalue weighted by Crippen LogP contribution is 2.14. The molecule has 4 heteroatoms. The standard InChI is InChI=1S/C11H11FO3/c1-7(13)10(12)11(14)8-3-5-9(15-2)6-4-8/h3-6,10H,1-2H3. The van der Waals surface area contributed by atoms with Crippen molar-refractivity contribution in [2.75, 3.05) is 7.11 Å². The van der Waals surface area contributed by atoms with Crippen LogP contribution in [0.2, 0.25) is 0 Å². The summed E-state index contributed by atoms with van der Waals surface area (Å²) < 4.78 is 17.9. The van der Waals surface area contributed by atoms with Crippen LogP contribution in [0.25, 0.3) is 0 Å². The van der Waals surface area contributed by atoms with Crippen LogP contribution in [0.1, 0.15) is 17.3 Å². The molecule has 1 aromatic carbocycles. The van der Waals surface area contributed by atoms with E-state index in [0.717, 1.165) is 6.92 Å². The molecule has 15 heavy (non-hydrogen) atoms. The zero-order chi connectivity index (χ0) is 11.4. The molecule has 0 spiro atoms. The molecule has 0 fully saturated rings. The number of alkyl halides is 1. The van der Waals surface area contributed by atoms with Crippen molar-refractivity contribution < 1.29 is 18.7 Å². The van der Waals surface area contributed by atoms with E-state index >= 15 is 0 Å². The van der Waals surface area contributed by atoms with Crippen molar-refractivity contribution in [1.29, 1.82) is 0 Å². The molecule has 1 aromatic rings. The fourth-order valence-electron chi connectivity index (χ4n) is 1.09. The number of ketones is 2. The Kier molecular flexibility index (Phi) is 3.55. The van der Waals surface area contributed by atoms with E-state index in [0.29, 0.717) is 5.75 Å². The Labute approximate surface area is 86.9 Å². The summed E-state index contributed by atoms with van der Waals surface area (Å²) in [7, 11) is 1.49. The van der Waals surface area contributed by atoms with Gasteiger partial charge in [0.2, 0.25) is 12.0 Å². The Bertz CT molecular complexity index is 370. The molecule has 1 atom stereocenters. The van der Waals surface area contributed by atoms with Crippen molar-refractivity contribution in [3.05, 3.63) is 29.8 Å². The smallest absolute Gasteiger partial charge is 0.220 e. The molecule has 0 aliphatic rings. The van der Waals surface area contributed by atoms with Crippen molar-refractivity contribution in [3.63, 3.8) is 0 Å². The van der Waals surface area contributed by atoms with Crippen LogP contribution in [0.15, 0.2) is 24.3 Å². The van der Waals surface area contributed by atoms with Gasteiger partial charge in [-0.15, -0.1) is 0 Å². The summed E-state index contributed by atoms with van der Waals surface area (Å²) in [4.78, 5) is 22.0. The van der Waals surface area contributed by atoms with Gasteiger partial charge < -0.3 is 4.74 Å². The van der Waals surface area contributed by atoms with Crippen LogP contribution < -0.4 is 4.74 Å². The first-order valence-electron chi connectivity index (χ1n) is 4.39.